The Morgan fingerprint density at radius 3 is 2.40 bits per heavy atom. The van der Waals surface area contributed by atoms with E-state index in [-0.39, 0.29) is 17.9 Å². The fourth-order valence-corrected chi connectivity index (χ4v) is 0.961. The Hall–Kier alpha value is 0.210. The van der Waals surface area contributed by atoms with E-state index in [4.69, 9.17) is 4.74 Å². The number of halogens is 1. The lowest BCUT2D eigenvalue weighted by atomic mass is 9.97. The third-order valence-electron chi connectivity index (χ3n) is 2.07. The molecule has 62 valence electrons. The van der Waals surface area contributed by atoms with Gasteiger partial charge in [-0.2, -0.15) is 0 Å². The average Bonchev–Trinajstić information content (AvgIpc) is 1.77. The van der Waals surface area contributed by atoms with Crippen molar-refractivity contribution in [2.75, 3.05) is 13.2 Å². The van der Waals surface area contributed by atoms with Gasteiger partial charge in [-0.05, 0) is 20.8 Å². The first-order valence-corrected chi connectivity index (χ1v) is 3.49. The number of morpholine rings is 1. The van der Waals surface area contributed by atoms with Crippen LogP contribution in [0.4, 0.5) is 0 Å². The smallest absolute Gasteiger partial charge is 0.0723 e. The minimum atomic E-state index is 0. The molecular formula is C7H16ClNO. The van der Waals surface area contributed by atoms with Crippen LogP contribution >= 0.6 is 12.4 Å². The second-order valence-corrected chi connectivity index (χ2v) is 3.16. The standard InChI is InChI=1S/C7H15NO.ClH/c1-6-7(2,3)8-4-5-9-6;/h6,8H,4-5H2,1-3H3;1H. The zero-order chi connectivity index (χ0) is 6.91. The van der Waals surface area contributed by atoms with E-state index in [1.165, 1.54) is 0 Å². The van der Waals surface area contributed by atoms with Crippen molar-refractivity contribution >= 4 is 12.4 Å². The fourth-order valence-electron chi connectivity index (χ4n) is 0.961. The van der Waals surface area contributed by atoms with Crippen molar-refractivity contribution in [3.63, 3.8) is 0 Å². The molecule has 1 saturated heterocycles. The molecule has 1 unspecified atom stereocenters. The van der Waals surface area contributed by atoms with Gasteiger partial charge in [0.2, 0.25) is 0 Å². The normalized spacial score (nSPS) is 30.9. The summed E-state index contributed by atoms with van der Waals surface area (Å²) in [5, 5.41) is 3.38. The van der Waals surface area contributed by atoms with Gasteiger partial charge in [0.1, 0.15) is 0 Å². The molecule has 1 rings (SSSR count). The van der Waals surface area contributed by atoms with Crippen LogP contribution in [0.5, 0.6) is 0 Å². The maximum Gasteiger partial charge on any atom is 0.0723 e. The molecular weight excluding hydrogens is 150 g/mol. The summed E-state index contributed by atoms with van der Waals surface area (Å²) in [4.78, 5) is 0. The van der Waals surface area contributed by atoms with E-state index in [2.05, 4.69) is 26.1 Å². The molecule has 0 amide bonds. The maximum atomic E-state index is 5.43. The van der Waals surface area contributed by atoms with Crippen LogP contribution in [-0.4, -0.2) is 24.8 Å². The van der Waals surface area contributed by atoms with Crippen molar-refractivity contribution in [2.24, 2.45) is 0 Å². The molecule has 1 aliphatic rings. The summed E-state index contributed by atoms with van der Waals surface area (Å²) in [6, 6.07) is 0. The largest absolute Gasteiger partial charge is 0.375 e. The van der Waals surface area contributed by atoms with Gasteiger partial charge in [-0.25, -0.2) is 0 Å². The van der Waals surface area contributed by atoms with Gasteiger partial charge in [0, 0.05) is 12.1 Å². The van der Waals surface area contributed by atoms with Crippen molar-refractivity contribution in [2.45, 2.75) is 32.4 Å². The molecule has 10 heavy (non-hydrogen) atoms. The average molecular weight is 166 g/mol. The van der Waals surface area contributed by atoms with Crippen LogP contribution in [0.1, 0.15) is 20.8 Å². The summed E-state index contributed by atoms with van der Waals surface area (Å²) in [5.41, 5.74) is 0.165. The lowest BCUT2D eigenvalue weighted by Crippen LogP contribution is -2.54. The highest BCUT2D eigenvalue weighted by Crippen LogP contribution is 2.14. The van der Waals surface area contributed by atoms with Crippen molar-refractivity contribution in [3.8, 4) is 0 Å². The molecule has 0 aliphatic carbocycles. The summed E-state index contributed by atoms with van der Waals surface area (Å²) in [6.07, 6.45) is 0.339. The zero-order valence-corrected chi connectivity index (χ0v) is 7.62. The molecule has 1 aliphatic heterocycles. The van der Waals surface area contributed by atoms with Gasteiger partial charge in [0.25, 0.3) is 0 Å². The number of nitrogens with one attached hydrogen (secondary N) is 1. The van der Waals surface area contributed by atoms with E-state index in [0.717, 1.165) is 13.2 Å². The summed E-state index contributed by atoms with van der Waals surface area (Å²) < 4.78 is 5.43. The third kappa shape index (κ3) is 2.11. The van der Waals surface area contributed by atoms with Gasteiger partial charge in [0.05, 0.1) is 12.7 Å². The molecule has 1 fully saturated rings. The SMILES string of the molecule is CC1OCCNC1(C)C.Cl. The first-order chi connectivity index (χ1) is 4.13. The van der Waals surface area contributed by atoms with Crippen LogP contribution in [0.15, 0.2) is 0 Å². The predicted molar refractivity (Wildman–Crippen MR) is 44.7 cm³/mol. The van der Waals surface area contributed by atoms with Gasteiger partial charge in [-0.1, -0.05) is 0 Å². The van der Waals surface area contributed by atoms with Crippen molar-refractivity contribution in [3.05, 3.63) is 0 Å². The third-order valence-corrected chi connectivity index (χ3v) is 2.07. The Balaban J connectivity index is 0.000000810. The number of rotatable bonds is 0. The topological polar surface area (TPSA) is 21.3 Å². The van der Waals surface area contributed by atoms with Crippen LogP contribution < -0.4 is 5.32 Å². The molecule has 0 spiro atoms. The molecule has 0 aromatic carbocycles. The van der Waals surface area contributed by atoms with Crippen molar-refractivity contribution < 1.29 is 4.74 Å². The summed E-state index contributed by atoms with van der Waals surface area (Å²) in [7, 11) is 0. The highest BCUT2D eigenvalue weighted by molar-refractivity contribution is 5.85. The minimum Gasteiger partial charge on any atom is -0.375 e. The summed E-state index contributed by atoms with van der Waals surface area (Å²) in [5.74, 6) is 0. The first kappa shape index (κ1) is 10.2. The monoisotopic (exact) mass is 165 g/mol. The second-order valence-electron chi connectivity index (χ2n) is 3.16. The molecule has 3 heteroatoms. The van der Waals surface area contributed by atoms with E-state index in [1.54, 1.807) is 0 Å². The Morgan fingerprint density at radius 1 is 1.50 bits per heavy atom. The highest BCUT2D eigenvalue weighted by atomic mass is 35.5. The van der Waals surface area contributed by atoms with Crippen LogP contribution in [0.25, 0.3) is 0 Å². The van der Waals surface area contributed by atoms with Crippen molar-refractivity contribution in [1.82, 2.24) is 5.32 Å². The molecule has 0 radical (unpaired) electrons. The van der Waals surface area contributed by atoms with Crippen LogP contribution in [0.2, 0.25) is 0 Å². The van der Waals surface area contributed by atoms with E-state index in [0.29, 0.717) is 6.10 Å². The van der Waals surface area contributed by atoms with E-state index < -0.39 is 0 Å². The zero-order valence-electron chi connectivity index (χ0n) is 6.81. The number of ether oxygens (including phenoxy) is 1. The maximum absolute atomic E-state index is 5.43. The fraction of sp³-hybridized carbons (Fsp3) is 1.00. The molecule has 0 aromatic rings. The van der Waals surface area contributed by atoms with Crippen LogP contribution in [0.3, 0.4) is 0 Å². The lowest BCUT2D eigenvalue weighted by molar-refractivity contribution is -0.0248. The minimum absolute atomic E-state index is 0. The quantitative estimate of drug-likeness (QED) is 0.583. The first-order valence-electron chi connectivity index (χ1n) is 3.49. The number of hydrogen-bond acceptors (Lipinski definition) is 2. The van der Waals surface area contributed by atoms with Crippen LogP contribution in [-0.2, 0) is 4.74 Å². The van der Waals surface area contributed by atoms with Gasteiger partial charge in [-0.15, -0.1) is 12.4 Å². The molecule has 1 atom stereocenters. The highest BCUT2D eigenvalue weighted by Gasteiger charge is 2.28. The predicted octanol–water partition coefficient (Wildman–Crippen LogP) is 1.20. The summed E-state index contributed by atoms with van der Waals surface area (Å²) >= 11 is 0. The van der Waals surface area contributed by atoms with Gasteiger partial charge >= 0.3 is 0 Å². The molecule has 0 saturated carbocycles. The molecule has 2 nitrogen and oxygen atoms in total. The van der Waals surface area contributed by atoms with Crippen LogP contribution in [0, 0.1) is 0 Å². The Labute approximate surface area is 68.7 Å². The number of hydrogen-bond donors (Lipinski definition) is 1. The van der Waals surface area contributed by atoms with Gasteiger partial charge in [-0.3, -0.25) is 0 Å². The lowest BCUT2D eigenvalue weighted by Gasteiger charge is -2.37. The Morgan fingerprint density at radius 2 is 2.10 bits per heavy atom. The van der Waals surface area contributed by atoms with Crippen molar-refractivity contribution in [1.29, 1.82) is 0 Å². The van der Waals surface area contributed by atoms with Gasteiger partial charge < -0.3 is 10.1 Å². The van der Waals surface area contributed by atoms with Gasteiger partial charge in [0.15, 0.2) is 0 Å². The van der Waals surface area contributed by atoms with E-state index in [1.807, 2.05) is 0 Å². The molecule has 0 aromatic heterocycles. The molecule has 0 bridgehead atoms. The molecule has 1 heterocycles. The van der Waals surface area contributed by atoms with E-state index in [9.17, 15) is 0 Å². The molecule has 1 N–H and O–H groups in total. The Kier molecular flexibility index (Phi) is 3.63. The second kappa shape index (κ2) is 3.56. The summed E-state index contributed by atoms with van der Waals surface area (Å²) in [6.45, 7) is 8.27. The Bertz CT molecular complexity index is 106. The van der Waals surface area contributed by atoms with E-state index >= 15 is 0 Å².